The summed E-state index contributed by atoms with van der Waals surface area (Å²) in [5, 5.41) is 142. The van der Waals surface area contributed by atoms with Crippen LogP contribution in [0.15, 0.2) is 72.3 Å². The number of aromatic hydroxyl groups is 11. The summed E-state index contributed by atoms with van der Waals surface area (Å²) in [6.07, 6.45) is -13.4. The number of esters is 5. The highest BCUT2D eigenvalue weighted by atomic mass is 16.7. The Morgan fingerprint density at radius 2 is 1.11 bits per heavy atom. The van der Waals surface area contributed by atoms with E-state index in [1.807, 2.05) is 0 Å². The summed E-state index contributed by atoms with van der Waals surface area (Å²) in [4.78, 5) is 101. The molecule has 8 atom stereocenters. The van der Waals surface area contributed by atoms with E-state index in [0.717, 1.165) is 0 Å². The lowest BCUT2D eigenvalue weighted by Gasteiger charge is -2.45. The minimum atomic E-state index is -3.62. The van der Waals surface area contributed by atoms with Crippen LogP contribution in [0.3, 0.4) is 0 Å². The van der Waals surface area contributed by atoms with Crippen LogP contribution in [0.4, 0.5) is 0 Å². The van der Waals surface area contributed by atoms with Crippen LogP contribution in [-0.2, 0) is 38.0 Å². The number of cyclic esters (lactones) is 1. The normalized spacial score (nSPS) is 25.4. The Morgan fingerprint density at radius 3 is 1.72 bits per heavy atom. The van der Waals surface area contributed by atoms with Crippen molar-refractivity contribution < 1.29 is 133 Å². The lowest BCUT2D eigenvalue weighted by atomic mass is 9.67. The number of rotatable bonds is 5. The predicted octanol–water partition coefficient (Wildman–Crippen LogP) is 1.22. The number of Topliss-reactive ketones (excluding diaryl/α,β-unsaturated/α-hetero) is 1. The van der Waals surface area contributed by atoms with Gasteiger partial charge < -0.3 is 99.5 Å². The molecule has 1 saturated heterocycles. The molecule has 1 fully saturated rings. The molecule has 27 heteroatoms. The van der Waals surface area contributed by atoms with Gasteiger partial charge in [-0.1, -0.05) is 30.3 Å². The highest BCUT2D eigenvalue weighted by Gasteiger charge is 2.71. The number of hydrogen-bond acceptors (Lipinski definition) is 27. The third-order valence-electron chi connectivity index (χ3n) is 13.2. The maximum atomic E-state index is 15.0. The van der Waals surface area contributed by atoms with Crippen LogP contribution in [-0.4, -0.2) is 156 Å². The standard InChI is InChI=1S/C49H34O27/c50-20-6-15(7-21(51)32(20)57)42(63)75-47-41-40-38(26(71-47)13-70-43(64)16-8-22(52)33(58)36(61)28(16)29-17(44(65)73-40)9-23(53)34(59)37(29)62)72-46(67)19-11-27(56)48(68,12-25(55)14-4-2-1-3-5-14)49(69)31(19)30-18(45(66)74-41)10-24(54)35(60)39(30)76-49/h1-11,26,31,38,40-41,47,50-54,57-62,68-69H,12-13H2/t26-,31+,38-,40+,41-,47+,48+,49-/m1/s1. The van der Waals surface area contributed by atoms with Crippen LogP contribution >= 0.6 is 0 Å². The molecule has 13 N–H and O–H groups in total. The van der Waals surface area contributed by atoms with Gasteiger partial charge in [-0.3, -0.25) is 9.59 Å². The van der Waals surface area contributed by atoms with Gasteiger partial charge in [-0.2, -0.15) is 0 Å². The van der Waals surface area contributed by atoms with Crippen LogP contribution in [0.25, 0.3) is 11.1 Å². The highest BCUT2D eigenvalue weighted by Crippen LogP contribution is 2.61. The number of benzene rings is 5. The Kier molecular flexibility index (Phi) is 11.3. The molecule has 0 saturated carbocycles. The molecule has 27 nitrogen and oxygen atoms in total. The lowest BCUT2D eigenvalue weighted by molar-refractivity contribution is -0.286. The smallest absolute Gasteiger partial charge is 0.340 e. The Bertz CT molecular complexity index is 3470. The molecule has 0 unspecified atom stereocenters. The number of phenolic OH excluding ortho intramolecular Hbond substituents is 11. The fourth-order valence-electron chi connectivity index (χ4n) is 9.50. The van der Waals surface area contributed by atoms with Crippen molar-refractivity contribution in [1.29, 1.82) is 0 Å². The number of phenols is 11. The van der Waals surface area contributed by atoms with Crippen molar-refractivity contribution in [2.24, 2.45) is 0 Å². The van der Waals surface area contributed by atoms with E-state index in [1.165, 1.54) is 30.3 Å². The van der Waals surface area contributed by atoms with Crippen molar-refractivity contribution in [3.05, 3.63) is 106 Å². The quantitative estimate of drug-likeness (QED) is 0.0509. The minimum absolute atomic E-state index is 0.113. The SMILES string of the molecule is O=C1O[C@H]2[C@@H]3OC(=O)c4cc(O)c(O)c(O)c4-c4c(cc(O)c(O)c4O)C(=O)OC[C@H]2O[C@@H](OC(=O)c2cc(O)c(O)c(O)c2)[C@@H]3OC(=O)c2cc(O)c(O)c3c2[C@@H]2C1=CC(=O)[C@@](O)(CC(=O)c1ccccc1)[C@]2(O)O3. The van der Waals surface area contributed by atoms with Crippen molar-refractivity contribution in [2.45, 2.75) is 54.4 Å². The van der Waals surface area contributed by atoms with E-state index < -0.39 is 216 Å². The molecule has 4 aliphatic heterocycles. The first-order chi connectivity index (χ1) is 35.9. The van der Waals surface area contributed by atoms with E-state index in [2.05, 4.69) is 0 Å². The Hall–Kier alpha value is -9.99. The van der Waals surface area contributed by atoms with Gasteiger partial charge in [0.25, 0.3) is 5.79 Å². The summed E-state index contributed by atoms with van der Waals surface area (Å²) < 4.78 is 40.1. The fourth-order valence-corrected chi connectivity index (χ4v) is 9.50. The molecule has 0 radical (unpaired) electrons. The number of fused-ring (bicyclic) bond motifs is 3. The van der Waals surface area contributed by atoms with Crippen molar-refractivity contribution in [1.82, 2.24) is 0 Å². The maximum absolute atomic E-state index is 15.0. The lowest BCUT2D eigenvalue weighted by Crippen LogP contribution is -2.67. The maximum Gasteiger partial charge on any atom is 0.340 e. The average Bonchev–Trinajstić information content (AvgIpc) is 3.76. The molecule has 5 aliphatic rings. The largest absolute Gasteiger partial charge is 0.504 e. The Balaban J connectivity index is 1.19. The first-order valence-electron chi connectivity index (χ1n) is 21.9. The molecular weight excluding hydrogens is 1020 g/mol. The summed E-state index contributed by atoms with van der Waals surface area (Å²) >= 11 is 0. The molecule has 10 rings (SSSR count). The Labute approximate surface area is 420 Å². The molecule has 4 bridgehead atoms. The predicted molar refractivity (Wildman–Crippen MR) is 237 cm³/mol. The number of aliphatic hydroxyl groups is 2. The zero-order chi connectivity index (χ0) is 54.8. The van der Waals surface area contributed by atoms with Crippen molar-refractivity contribution >= 4 is 41.4 Å². The molecule has 5 aromatic rings. The monoisotopic (exact) mass is 1050 g/mol. The molecule has 0 spiro atoms. The summed E-state index contributed by atoms with van der Waals surface area (Å²) in [6, 6.07) is 9.36. The highest BCUT2D eigenvalue weighted by molar-refractivity contribution is 6.12. The number of carbonyl (C=O) groups is 7. The molecular formula is C49H34O27. The van der Waals surface area contributed by atoms with Crippen LogP contribution in [0, 0.1) is 0 Å². The van der Waals surface area contributed by atoms with Crippen LogP contribution in [0.1, 0.15) is 69.7 Å². The second-order valence-electron chi connectivity index (χ2n) is 17.6. The third kappa shape index (κ3) is 7.35. The van der Waals surface area contributed by atoms with E-state index >= 15 is 0 Å². The summed E-state index contributed by atoms with van der Waals surface area (Å²) in [5.41, 5.74) is -11.7. The van der Waals surface area contributed by atoms with Gasteiger partial charge in [0.1, 0.15) is 12.7 Å². The first kappa shape index (κ1) is 49.6. The van der Waals surface area contributed by atoms with Gasteiger partial charge in [-0.25, -0.2) is 24.0 Å². The van der Waals surface area contributed by atoms with Gasteiger partial charge in [0, 0.05) is 22.3 Å². The second-order valence-corrected chi connectivity index (χ2v) is 17.6. The van der Waals surface area contributed by atoms with Crippen LogP contribution in [0.5, 0.6) is 69.0 Å². The Morgan fingerprint density at radius 1 is 0.579 bits per heavy atom. The topological polar surface area (TPSA) is 447 Å². The van der Waals surface area contributed by atoms with E-state index in [9.17, 15) is 99.9 Å². The average molecular weight is 1050 g/mol. The molecule has 1 aliphatic carbocycles. The molecule has 392 valence electrons. The molecule has 4 heterocycles. The molecule has 5 aromatic carbocycles. The first-order valence-corrected chi connectivity index (χ1v) is 21.9. The van der Waals surface area contributed by atoms with Crippen molar-refractivity contribution in [2.75, 3.05) is 6.61 Å². The van der Waals surface area contributed by atoms with Gasteiger partial charge >= 0.3 is 29.8 Å². The molecule has 0 amide bonds. The number of hydrogen-bond donors (Lipinski definition) is 13. The van der Waals surface area contributed by atoms with Crippen LogP contribution in [0.2, 0.25) is 0 Å². The zero-order valence-electron chi connectivity index (χ0n) is 37.8. The summed E-state index contributed by atoms with van der Waals surface area (Å²) in [5.74, 6) is -32.7. The van der Waals surface area contributed by atoms with Gasteiger partial charge in [-0.15, -0.1) is 0 Å². The molecule has 76 heavy (non-hydrogen) atoms. The summed E-state index contributed by atoms with van der Waals surface area (Å²) in [6.45, 7) is -1.32. The van der Waals surface area contributed by atoms with Gasteiger partial charge in [0.15, 0.2) is 75.5 Å². The van der Waals surface area contributed by atoms with Gasteiger partial charge in [0.05, 0.1) is 40.2 Å². The second kappa shape index (κ2) is 17.3. The minimum Gasteiger partial charge on any atom is -0.504 e. The number of carbonyl (C=O) groups excluding carboxylic acids is 7. The zero-order valence-corrected chi connectivity index (χ0v) is 37.8. The number of ether oxygens (including phenoxy) is 7. The fraction of sp³-hybridized carbons (Fsp3) is 0.204. The van der Waals surface area contributed by atoms with Gasteiger partial charge in [0.2, 0.25) is 35.2 Å². The van der Waals surface area contributed by atoms with E-state index in [-0.39, 0.29) is 5.56 Å². The van der Waals surface area contributed by atoms with E-state index in [0.29, 0.717) is 36.4 Å². The number of ketones is 2. The third-order valence-corrected chi connectivity index (χ3v) is 13.2. The molecule has 0 aromatic heterocycles. The summed E-state index contributed by atoms with van der Waals surface area (Å²) in [7, 11) is 0. The van der Waals surface area contributed by atoms with Crippen LogP contribution < -0.4 is 4.74 Å². The van der Waals surface area contributed by atoms with E-state index in [1.54, 1.807) is 0 Å². The van der Waals surface area contributed by atoms with Gasteiger partial charge in [-0.05, 0) is 36.4 Å². The van der Waals surface area contributed by atoms with Crippen molar-refractivity contribution in [3.63, 3.8) is 0 Å². The van der Waals surface area contributed by atoms with E-state index in [4.69, 9.17) is 33.2 Å². The van der Waals surface area contributed by atoms with Crippen molar-refractivity contribution in [3.8, 4) is 80.1 Å².